The number of halogens is 1. The monoisotopic (exact) mass is 425 g/mol. The molecular weight excluding hydrogens is 402 g/mol. The van der Waals surface area contributed by atoms with Crippen molar-refractivity contribution in [2.75, 3.05) is 36.4 Å². The predicted octanol–water partition coefficient (Wildman–Crippen LogP) is 5.03. The molecule has 1 aromatic heterocycles. The van der Waals surface area contributed by atoms with Crippen molar-refractivity contribution in [2.45, 2.75) is 13.3 Å². The van der Waals surface area contributed by atoms with Gasteiger partial charge in [-0.3, -0.25) is 4.79 Å². The highest BCUT2D eigenvalue weighted by Gasteiger charge is 2.23. The van der Waals surface area contributed by atoms with Crippen molar-refractivity contribution in [3.05, 3.63) is 75.0 Å². The zero-order chi connectivity index (χ0) is 20.4. The Kier molecular flexibility index (Phi) is 5.90. The van der Waals surface area contributed by atoms with Crippen molar-refractivity contribution < 1.29 is 4.79 Å². The van der Waals surface area contributed by atoms with Crippen molar-refractivity contribution in [1.82, 2.24) is 5.32 Å². The number of benzene rings is 1. The average molecular weight is 426 g/mol. The number of piperazine rings is 1. The summed E-state index contributed by atoms with van der Waals surface area (Å²) in [6.45, 7) is 9.75. The van der Waals surface area contributed by atoms with Crippen LogP contribution < -0.4 is 15.5 Å². The maximum atomic E-state index is 12.8. The Morgan fingerprint density at radius 1 is 1.21 bits per heavy atom. The largest absolute Gasteiger partial charge is 0.369 e. The highest BCUT2D eigenvalue weighted by molar-refractivity contribution is 7.15. The number of anilines is 2. The fourth-order valence-electron chi connectivity index (χ4n) is 3.70. The molecule has 4 rings (SSSR count). The van der Waals surface area contributed by atoms with Crippen LogP contribution in [0.25, 0.3) is 5.57 Å². The van der Waals surface area contributed by atoms with E-state index in [-0.39, 0.29) is 5.91 Å². The topological polar surface area (TPSA) is 44.4 Å². The molecule has 0 unspecified atom stereocenters. The summed E-state index contributed by atoms with van der Waals surface area (Å²) >= 11 is 7.46. The third-order valence-electron chi connectivity index (χ3n) is 5.21. The van der Waals surface area contributed by atoms with E-state index in [1.54, 1.807) is 6.08 Å². The van der Waals surface area contributed by atoms with Crippen LogP contribution in [0.5, 0.6) is 0 Å². The molecule has 6 heteroatoms. The van der Waals surface area contributed by atoms with Gasteiger partial charge in [0.05, 0.1) is 4.88 Å². The minimum absolute atomic E-state index is 0.0441. The zero-order valence-electron chi connectivity index (χ0n) is 16.4. The first-order chi connectivity index (χ1) is 14.0. The van der Waals surface area contributed by atoms with Gasteiger partial charge in [-0.05, 0) is 54.0 Å². The lowest BCUT2D eigenvalue weighted by Crippen LogP contribution is -2.43. The van der Waals surface area contributed by atoms with Gasteiger partial charge in [-0.25, -0.2) is 0 Å². The van der Waals surface area contributed by atoms with Crippen molar-refractivity contribution in [1.29, 1.82) is 0 Å². The van der Waals surface area contributed by atoms with E-state index in [0.29, 0.717) is 5.03 Å². The van der Waals surface area contributed by atoms with E-state index in [2.05, 4.69) is 40.3 Å². The molecule has 2 aliphatic rings. The van der Waals surface area contributed by atoms with Crippen LogP contribution in [0, 0.1) is 0 Å². The molecule has 1 saturated heterocycles. The van der Waals surface area contributed by atoms with Crippen LogP contribution in [0.15, 0.2) is 54.1 Å². The molecule has 0 saturated carbocycles. The summed E-state index contributed by atoms with van der Waals surface area (Å²) in [6.07, 6.45) is 6.32. The molecule has 0 spiro atoms. The Morgan fingerprint density at radius 3 is 2.72 bits per heavy atom. The normalized spacial score (nSPS) is 17.3. The number of carbonyl (C=O) groups is 1. The Hall–Kier alpha value is -2.34. The minimum atomic E-state index is -0.0441. The lowest BCUT2D eigenvalue weighted by atomic mass is 10.0. The molecular formula is C23H24ClN3OS. The Labute approximate surface area is 180 Å². The van der Waals surface area contributed by atoms with Gasteiger partial charge in [-0.15, -0.1) is 11.3 Å². The van der Waals surface area contributed by atoms with Crippen LogP contribution in [-0.2, 0) is 6.42 Å². The molecule has 2 aromatic rings. The first kappa shape index (κ1) is 20.0. The number of rotatable bonds is 4. The first-order valence-corrected chi connectivity index (χ1v) is 10.9. The summed E-state index contributed by atoms with van der Waals surface area (Å²) in [5.74, 6) is -0.0441. The molecule has 2 N–H and O–H groups in total. The van der Waals surface area contributed by atoms with E-state index in [9.17, 15) is 4.79 Å². The molecule has 1 aromatic carbocycles. The molecule has 4 nitrogen and oxygen atoms in total. The Morgan fingerprint density at radius 2 is 2.00 bits per heavy atom. The predicted molar refractivity (Wildman–Crippen MR) is 124 cm³/mol. The van der Waals surface area contributed by atoms with Crippen molar-refractivity contribution in [2.24, 2.45) is 0 Å². The van der Waals surface area contributed by atoms with Crippen LogP contribution in [0.4, 0.5) is 11.4 Å². The second kappa shape index (κ2) is 8.57. The number of carbonyl (C=O) groups excluding carboxylic acids is 1. The summed E-state index contributed by atoms with van der Waals surface area (Å²) < 4.78 is 0. The molecule has 2 aliphatic heterocycles. The number of amides is 1. The molecule has 0 bridgehead atoms. The maximum Gasteiger partial charge on any atom is 0.266 e. The number of thiophene rings is 1. The zero-order valence-corrected chi connectivity index (χ0v) is 18.0. The van der Waals surface area contributed by atoms with Gasteiger partial charge in [-0.2, -0.15) is 0 Å². The average Bonchev–Trinajstić information content (AvgIpc) is 3.08. The van der Waals surface area contributed by atoms with Crippen LogP contribution in [0.2, 0.25) is 0 Å². The molecule has 0 aliphatic carbocycles. The number of allylic oxidation sites excluding steroid dienone is 5. The highest BCUT2D eigenvalue weighted by atomic mass is 35.5. The van der Waals surface area contributed by atoms with Gasteiger partial charge < -0.3 is 15.5 Å². The molecule has 1 amide bonds. The Bertz CT molecular complexity index is 1010. The number of nitrogens with zero attached hydrogens (tertiary/aromatic N) is 1. The fraction of sp³-hybridized carbons (Fsp3) is 0.261. The van der Waals surface area contributed by atoms with E-state index >= 15 is 0 Å². The van der Waals surface area contributed by atoms with Gasteiger partial charge >= 0.3 is 0 Å². The molecule has 0 radical (unpaired) electrons. The number of hydrogen-bond donors (Lipinski definition) is 2. The van der Waals surface area contributed by atoms with Gasteiger partial charge in [0.25, 0.3) is 5.91 Å². The summed E-state index contributed by atoms with van der Waals surface area (Å²) in [5, 5.41) is 7.18. The molecule has 0 atom stereocenters. The maximum absolute atomic E-state index is 12.8. The number of fused-ring (bicyclic) bond motifs is 2. The number of nitrogens with one attached hydrogen (secondary N) is 2. The SMILES string of the molecule is C=C/C(=C\C=C(/C)Cl)c1cc2c(s1)C(=O)Nc1ccc(N3CCNCC3)cc1C2. The van der Waals surface area contributed by atoms with Gasteiger partial charge in [0, 0.05) is 53.9 Å². The van der Waals surface area contributed by atoms with E-state index in [0.717, 1.165) is 64.7 Å². The van der Waals surface area contributed by atoms with Crippen molar-refractivity contribution in [3.63, 3.8) is 0 Å². The first-order valence-electron chi connectivity index (χ1n) is 9.74. The summed E-state index contributed by atoms with van der Waals surface area (Å²) in [7, 11) is 0. The Balaban J connectivity index is 1.68. The second-order valence-corrected chi connectivity index (χ2v) is 8.90. The molecule has 3 heterocycles. The fourth-order valence-corrected chi connectivity index (χ4v) is 4.86. The van der Waals surface area contributed by atoms with Crippen molar-refractivity contribution >= 4 is 45.8 Å². The smallest absolute Gasteiger partial charge is 0.266 e. The highest BCUT2D eigenvalue weighted by Crippen LogP contribution is 2.36. The summed E-state index contributed by atoms with van der Waals surface area (Å²) in [5.41, 5.74) is 5.29. The van der Waals surface area contributed by atoms with E-state index in [1.807, 2.05) is 25.1 Å². The van der Waals surface area contributed by atoms with Gasteiger partial charge in [0.1, 0.15) is 0 Å². The molecule has 1 fully saturated rings. The van der Waals surface area contributed by atoms with Gasteiger partial charge in [0.2, 0.25) is 0 Å². The molecule has 29 heavy (non-hydrogen) atoms. The second-order valence-electron chi connectivity index (χ2n) is 7.25. The molecule has 150 valence electrons. The van der Waals surface area contributed by atoms with Crippen LogP contribution in [0.3, 0.4) is 0 Å². The van der Waals surface area contributed by atoms with Crippen LogP contribution in [0.1, 0.15) is 32.6 Å². The minimum Gasteiger partial charge on any atom is -0.369 e. The summed E-state index contributed by atoms with van der Waals surface area (Å²) in [4.78, 5) is 17.0. The van der Waals surface area contributed by atoms with E-state index < -0.39 is 0 Å². The van der Waals surface area contributed by atoms with E-state index in [1.165, 1.54) is 17.0 Å². The van der Waals surface area contributed by atoms with Crippen LogP contribution in [-0.4, -0.2) is 32.1 Å². The van der Waals surface area contributed by atoms with Crippen LogP contribution >= 0.6 is 22.9 Å². The summed E-state index contributed by atoms with van der Waals surface area (Å²) in [6, 6.07) is 8.47. The lowest BCUT2D eigenvalue weighted by molar-refractivity contribution is 0.103. The quantitative estimate of drug-likeness (QED) is 0.675. The third-order valence-corrected chi connectivity index (χ3v) is 6.56. The van der Waals surface area contributed by atoms with Gasteiger partial charge in [0.15, 0.2) is 0 Å². The lowest BCUT2D eigenvalue weighted by Gasteiger charge is -2.30. The standard InChI is InChI=1S/C23H24ClN3OS/c1-3-16(5-4-15(2)24)21-14-18-12-17-13-19(27-10-8-25-9-11-27)6-7-20(17)26-23(28)22(18)29-21/h3-7,13-14,25H,1,8-12H2,2H3,(H,26,28)/b15-4+,16-5+. The number of hydrogen-bond acceptors (Lipinski definition) is 4. The van der Waals surface area contributed by atoms with E-state index in [4.69, 9.17) is 11.6 Å². The van der Waals surface area contributed by atoms with Crippen molar-refractivity contribution in [3.8, 4) is 0 Å². The third kappa shape index (κ3) is 4.32. The van der Waals surface area contributed by atoms with Gasteiger partial charge in [-0.1, -0.05) is 30.3 Å².